The van der Waals surface area contributed by atoms with Crippen LogP contribution in [0, 0.1) is 33.9 Å². The molecule has 0 unspecified atom stereocenters. The van der Waals surface area contributed by atoms with Crippen molar-refractivity contribution in [3.63, 3.8) is 0 Å². The van der Waals surface area contributed by atoms with Crippen molar-refractivity contribution in [1.29, 1.82) is 10.5 Å². The van der Waals surface area contributed by atoms with Crippen LogP contribution < -0.4 is 15.9 Å². The Morgan fingerprint density at radius 2 is 1.18 bits per heavy atom. The zero-order valence-electron chi connectivity index (χ0n) is 21.4. The number of rotatable bonds is 5. The van der Waals surface area contributed by atoms with Gasteiger partial charge in [0.15, 0.2) is 0 Å². The van der Waals surface area contributed by atoms with Gasteiger partial charge in [0.1, 0.15) is 5.82 Å². The first-order valence-electron chi connectivity index (χ1n) is 12.4. The number of hydrogen-bond acceptors (Lipinski definition) is 5. The molecule has 0 bridgehead atoms. The number of ketones is 1. The van der Waals surface area contributed by atoms with E-state index in [1.165, 1.54) is 19.2 Å². The summed E-state index contributed by atoms with van der Waals surface area (Å²) in [5.41, 5.74) is -2.40. The van der Waals surface area contributed by atoms with Gasteiger partial charge in [-0.1, -0.05) is 103 Å². The summed E-state index contributed by atoms with van der Waals surface area (Å²) in [4.78, 5) is 28.5. The van der Waals surface area contributed by atoms with Crippen LogP contribution in [0.3, 0.4) is 0 Å². The van der Waals surface area contributed by atoms with Gasteiger partial charge in [-0.25, -0.2) is 9.18 Å². The van der Waals surface area contributed by atoms with Crippen LogP contribution in [-0.4, -0.2) is 24.2 Å². The molecule has 5 nitrogen and oxygen atoms in total. The van der Waals surface area contributed by atoms with Crippen molar-refractivity contribution in [2.75, 3.05) is 7.11 Å². The second-order valence-electron chi connectivity index (χ2n) is 9.08. The summed E-state index contributed by atoms with van der Waals surface area (Å²) >= 11 is 0. The Morgan fingerprint density at radius 3 is 1.55 bits per heavy atom. The number of esters is 1. The van der Waals surface area contributed by atoms with Gasteiger partial charge >= 0.3 is 5.97 Å². The molecule has 0 atom stereocenters. The van der Waals surface area contributed by atoms with Gasteiger partial charge in [0.05, 0.1) is 24.8 Å². The van der Waals surface area contributed by atoms with E-state index in [-0.39, 0.29) is 22.0 Å². The lowest BCUT2D eigenvalue weighted by molar-refractivity contribution is -0.135. The lowest BCUT2D eigenvalue weighted by Crippen LogP contribution is -2.37. The van der Waals surface area contributed by atoms with Crippen molar-refractivity contribution in [3.8, 4) is 12.1 Å². The number of carbonyl (C=O) groups excluding carboxylic acids is 2. The number of methoxy groups -OCH3 is 1. The number of Topliss-reactive ketones (excluding diaryl/α,β-unsaturated/α-hetero) is 1. The molecule has 194 valence electrons. The third-order valence-electron chi connectivity index (χ3n) is 7.04. The molecule has 0 N–H and O–H groups in total. The minimum Gasteiger partial charge on any atom is -0.465 e. The predicted molar refractivity (Wildman–Crippen MR) is 154 cm³/mol. The second kappa shape index (κ2) is 10.6. The molecule has 0 saturated carbocycles. The molecule has 0 aliphatic heterocycles. The maximum absolute atomic E-state index is 14.8. The fourth-order valence-electron chi connectivity index (χ4n) is 5.34. The summed E-state index contributed by atoms with van der Waals surface area (Å²) in [5.74, 6) is -2.19. The number of carbonyl (C=O) groups is 2. The minimum atomic E-state index is -3.22. The number of benzene rings is 4. The summed E-state index contributed by atoms with van der Waals surface area (Å²) in [7, 11) is 1.19. The first kappa shape index (κ1) is 26.6. The van der Waals surface area contributed by atoms with E-state index in [0.29, 0.717) is 0 Å². The fraction of sp³-hybridized carbons (Fsp3) is 0.0606. The number of ether oxygens (including phenoxy) is 1. The molecule has 0 heterocycles. The molecular formula is C33H22FN2O3P. The Kier molecular flexibility index (Phi) is 7.05. The van der Waals surface area contributed by atoms with Gasteiger partial charge in [0, 0.05) is 10.9 Å². The van der Waals surface area contributed by atoms with Crippen molar-refractivity contribution < 1.29 is 18.7 Å². The monoisotopic (exact) mass is 544 g/mol. The highest BCUT2D eigenvalue weighted by Gasteiger charge is 2.58. The normalized spacial score (nSPS) is 14.4. The first-order valence-corrected chi connectivity index (χ1v) is 14.1. The molecule has 0 spiro atoms. The van der Waals surface area contributed by atoms with E-state index < -0.39 is 29.9 Å². The Balaban J connectivity index is 2.16. The zero-order valence-corrected chi connectivity index (χ0v) is 22.3. The quantitative estimate of drug-likeness (QED) is 0.272. The van der Waals surface area contributed by atoms with E-state index >= 15 is 0 Å². The van der Waals surface area contributed by atoms with Gasteiger partial charge in [-0.05, 0) is 40.5 Å². The molecule has 0 fully saturated rings. The van der Waals surface area contributed by atoms with Crippen LogP contribution >= 0.6 is 6.89 Å². The Bertz CT molecular complexity index is 1670. The molecule has 0 aromatic heterocycles. The first-order chi connectivity index (χ1) is 19.4. The summed E-state index contributed by atoms with van der Waals surface area (Å²) in [5, 5.41) is 23.3. The van der Waals surface area contributed by atoms with Crippen LogP contribution in [0.25, 0.3) is 5.57 Å². The largest absolute Gasteiger partial charge is 0.465 e. The third kappa shape index (κ3) is 3.90. The second-order valence-corrected chi connectivity index (χ2v) is 12.4. The Morgan fingerprint density at radius 1 is 0.750 bits per heavy atom. The van der Waals surface area contributed by atoms with E-state index in [9.17, 15) is 24.5 Å². The fourth-order valence-corrected chi connectivity index (χ4v) is 9.87. The van der Waals surface area contributed by atoms with Crippen molar-refractivity contribution in [2.45, 2.75) is 0 Å². The maximum atomic E-state index is 14.8. The molecule has 1 aliphatic rings. The number of nitriles is 2. The molecular weight excluding hydrogens is 522 g/mol. The summed E-state index contributed by atoms with van der Waals surface area (Å²) in [6.07, 6.45) is 0. The molecule has 40 heavy (non-hydrogen) atoms. The van der Waals surface area contributed by atoms with E-state index in [2.05, 4.69) is 0 Å². The average Bonchev–Trinajstić information content (AvgIpc) is 3.28. The molecule has 7 heteroatoms. The number of hydrogen-bond donors (Lipinski definition) is 0. The van der Waals surface area contributed by atoms with E-state index in [1.54, 1.807) is 0 Å². The van der Waals surface area contributed by atoms with Crippen LogP contribution in [-0.2, 0) is 14.3 Å². The van der Waals surface area contributed by atoms with Gasteiger partial charge in [-0.2, -0.15) is 10.5 Å². The van der Waals surface area contributed by atoms with E-state index in [0.717, 1.165) is 28.0 Å². The lowest BCUT2D eigenvalue weighted by Gasteiger charge is -2.32. The van der Waals surface area contributed by atoms with E-state index in [1.807, 2.05) is 103 Å². The van der Waals surface area contributed by atoms with Crippen molar-refractivity contribution in [2.24, 2.45) is 5.41 Å². The van der Waals surface area contributed by atoms with Crippen molar-refractivity contribution in [3.05, 3.63) is 132 Å². The molecule has 4 aromatic carbocycles. The Hall–Kier alpha value is -5.03. The van der Waals surface area contributed by atoms with Crippen molar-refractivity contribution >= 4 is 45.4 Å². The molecule has 1 aliphatic carbocycles. The SMILES string of the molecule is COC(=O)C1=C(c2ccc(F)cc2)C(C#N)(C#N)C(=O)C1=P(c1ccccc1)(c1ccccc1)c1ccccc1. The van der Waals surface area contributed by atoms with Gasteiger partial charge in [-0.3, -0.25) is 4.79 Å². The number of nitrogens with zero attached hydrogens (tertiary/aromatic N) is 2. The highest BCUT2D eigenvalue weighted by Crippen LogP contribution is 2.55. The topological polar surface area (TPSA) is 90.9 Å². The van der Waals surface area contributed by atoms with Crippen molar-refractivity contribution in [1.82, 2.24) is 0 Å². The third-order valence-corrected chi connectivity index (χ3v) is 11.4. The molecule has 0 amide bonds. The smallest absolute Gasteiger partial charge is 0.339 e. The van der Waals surface area contributed by atoms with Crippen LogP contribution in [0.1, 0.15) is 5.56 Å². The number of halogens is 1. The predicted octanol–water partition coefficient (Wildman–Crippen LogP) is 4.54. The standard InChI is InChI=1S/C33H22FN2O3P/c1-39-32(38)28-29(23-17-19-24(34)20-18-23)33(21-35,22-36)31(37)30(28)40(25-11-5-2-6-12-25,26-13-7-3-8-14-26)27-15-9-4-10-16-27/h2-20H,1H3. The van der Waals surface area contributed by atoms with Gasteiger partial charge in [0.25, 0.3) is 0 Å². The van der Waals surface area contributed by atoms with E-state index in [4.69, 9.17) is 4.74 Å². The minimum absolute atomic E-state index is 0.0466. The average molecular weight is 545 g/mol. The molecule has 0 saturated heterocycles. The van der Waals surface area contributed by atoms with Crippen LogP contribution in [0.4, 0.5) is 4.39 Å². The molecule has 0 radical (unpaired) electrons. The van der Waals surface area contributed by atoms with Crippen LogP contribution in [0.2, 0.25) is 0 Å². The summed E-state index contributed by atoms with van der Waals surface area (Å²) in [6, 6.07) is 36.9. The highest BCUT2D eigenvalue weighted by molar-refractivity contribution is 7.97. The molecule has 5 rings (SSSR count). The lowest BCUT2D eigenvalue weighted by atomic mass is 9.79. The van der Waals surface area contributed by atoms with Crippen LogP contribution in [0.5, 0.6) is 0 Å². The van der Waals surface area contributed by atoms with Gasteiger partial charge < -0.3 is 4.74 Å². The van der Waals surface area contributed by atoms with Crippen LogP contribution in [0.15, 0.2) is 121 Å². The number of allylic oxidation sites excluding steroid dienone is 1. The maximum Gasteiger partial charge on any atom is 0.339 e. The summed E-state index contributed by atoms with van der Waals surface area (Å²) in [6.45, 7) is -3.22. The highest BCUT2D eigenvalue weighted by atomic mass is 31.2. The zero-order chi connectivity index (χ0) is 28.3. The Labute approximate surface area is 231 Å². The van der Waals surface area contributed by atoms with Gasteiger partial charge in [0.2, 0.25) is 11.2 Å². The van der Waals surface area contributed by atoms with Gasteiger partial charge in [-0.15, -0.1) is 0 Å². The summed E-state index contributed by atoms with van der Waals surface area (Å²) < 4.78 is 19.2. The molecule has 4 aromatic rings.